The van der Waals surface area contributed by atoms with Crippen LogP contribution in [0.3, 0.4) is 0 Å². The standard InChI is InChI=1S/C15H16N4O.2ClH/c20-15(13-7-3-8-16-13)19-18-10-12-5-1-4-11-6-2-9-17-14(11)12;;/h1-2,4-6,9-10,13,16H,3,7-8H2,(H,19,20);2*1H/b18-10+;;/t13-;;/m0../s1. The third-order valence-corrected chi connectivity index (χ3v) is 3.55. The average molecular weight is 341 g/mol. The highest BCUT2D eigenvalue weighted by Gasteiger charge is 2.25. The molecule has 1 saturated heterocycles. The number of hydrazone groups is 1. The molecule has 118 valence electrons. The number of aromatic nitrogens is 1. The zero-order valence-corrected chi connectivity index (χ0v) is 13.5. The number of rotatable bonds is 3. The van der Waals surface area contributed by atoms with Gasteiger partial charge in [0.15, 0.2) is 6.04 Å². The number of amides is 1. The number of nitrogens with one attached hydrogen (secondary N) is 1. The molecular formula is C15H18Cl2N4O. The highest BCUT2D eigenvalue weighted by atomic mass is 35.5. The van der Waals surface area contributed by atoms with E-state index in [1.807, 2.05) is 30.3 Å². The van der Waals surface area contributed by atoms with E-state index >= 15 is 0 Å². The summed E-state index contributed by atoms with van der Waals surface area (Å²) in [5.41, 5.74) is 4.40. The van der Waals surface area contributed by atoms with Crippen LogP contribution in [-0.4, -0.2) is 29.7 Å². The Morgan fingerprint density at radius 3 is 2.95 bits per heavy atom. The number of carbonyl (C=O) groups excluding carboxylic acids is 1. The Hall–Kier alpha value is -1.69. The van der Waals surface area contributed by atoms with Gasteiger partial charge in [0, 0.05) is 30.0 Å². The van der Waals surface area contributed by atoms with E-state index < -0.39 is 0 Å². The van der Waals surface area contributed by atoms with Gasteiger partial charge in [-0.15, -0.1) is 12.4 Å². The maximum atomic E-state index is 11.8. The first-order valence-corrected chi connectivity index (χ1v) is 6.84. The van der Waals surface area contributed by atoms with Gasteiger partial charge in [0.05, 0.1) is 18.3 Å². The monoisotopic (exact) mass is 340 g/mol. The van der Waals surface area contributed by atoms with E-state index in [1.165, 1.54) is 0 Å². The van der Waals surface area contributed by atoms with Crippen molar-refractivity contribution in [3.8, 4) is 0 Å². The summed E-state index contributed by atoms with van der Waals surface area (Å²) < 4.78 is 0. The average Bonchev–Trinajstić information content (AvgIpc) is 3.02. The molecule has 5 nitrogen and oxygen atoms in total. The Kier molecular flexibility index (Phi) is 7.24. The Labute approximate surface area is 141 Å². The molecule has 0 bridgehead atoms. The molecule has 22 heavy (non-hydrogen) atoms. The molecule has 0 aliphatic carbocycles. The second-order valence-electron chi connectivity index (χ2n) is 4.93. The van der Waals surface area contributed by atoms with Crippen molar-refractivity contribution >= 4 is 35.4 Å². The van der Waals surface area contributed by atoms with E-state index in [2.05, 4.69) is 20.8 Å². The summed E-state index contributed by atoms with van der Waals surface area (Å²) in [4.78, 5) is 16.2. The van der Waals surface area contributed by atoms with E-state index in [1.54, 1.807) is 12.4 Å². The van der Waals surface area contributed by atoms with Crippen LogP contribution in [0.15, 0.2) is 41.6 Å². The van der Waals surface area contributed by atoms with Crippen molar-refractivity contribution < 1.29 is 22.5 Å². The van der Waals surface area contributed by atoms with Gasteiger partial charge in [-0.1, -0.05) is 24.3 Å². The molecule has 3 N–H and O–H groups in total. The van der Waals surface area contributed by atoms with Crippen molar-refractivity contribution in [2.45, 2.75) is 18.9 Å². The Balaban J connectivity index is 0.00000121. The first-order valence-electron chi connectivity index (χ1n) is 6.84. The van der Waals surface area contributed by atoms with Gasteiger partial charge in [-0.25, -0.2) is 5.43 Å². The van der Waals surface area contributed by atoms with E-state index in [0.29, 0.717) is 0 Å². The number of halogens is 2. The predicted octanol–water partition coefficient (Wildman–Crippen LogP) is -2.16. The van der Waals surface area contributed by atoms with Crippen LogP contribution in [0.1, 0.15) is 18.4 Å². The molecule has 1 aromatic carbocycles. The second kappa shape index (κ2) is 8.68. The van der Waals surface area contributed by atoms with Gasteiger partial charge in [0.25, 0.3) is 5.91 Å². The number of fused-ring (bicyclic) bond motifs is 1. The van der Waals surface area contributed by atoms with Gasteiger partial charge in [-0.3, -0.25) is 9.78 Å². The molecule has 1 aliphatic rings. The van der Waals surface area contributed by atoms with Crippen LogP contribution < -0.4 is 23.1 Å². The molecule has 0 unspecified atom stereocenters. The second-order valence-corrected chi connectivity index (χ2v) is 4.93. The molecule has 7 heteroatoms. The topological polar surface area (TPSA) is 71.0 Å². The molecule has 3 rings (SSSR count). The molecule has 1 aliphatic heterocycles. The number of quaternary nitrogens is 1. The largest absolute Gasteiger partial charge is 1.00 e. The fourth-order valence-corrected chi connectivity index (χ4v) is 2.49. The van der Waals surface area contributed by atoms with Crippen molar-refractivity contribution in [2.24, 2.45) is 5.10 Å². The number of para-hydroxylation sites is 1. The van der Waals surface area contributed by atoms with Gasteiger partial charge in [-0.05, 0) is 6.07 Å². The summed E-state index contributed by atoms with van der Waals surface area (Å²) in [5, 5.41) is 7.17. The molecule has 2 aromatic rings. The zero-order valence-electron chi connectivity index (χ0n) is 11.9. The van der Waals surface area contributed by atoms with Gasteiger partial charge in [-0.2, -0.15) is 5.10 Å². The van der Waals surface area contributed by atoms with Gasteiger partial charge >= 0.3 is 0 Å². The number of nitrogens with zero attached hydrogens (tertiary/aromatic N) is 2. The molecular weight excluding hydrogens is 323 g/mol. The highest BCUT2D eigenvalue weighted by Crippen LogP contribution is 2.13. The van der Waals surface area contributed by atoms with Crippen molar-refractivity contribution in [1.29, 1.82) is 0 Å². The lowest BCUT2D eigenvalue weighted by atomic mass is 10.1. The van der Waals surface area contributed by atoms with Gasteiger partial charge < -0.3 is 17.7 Å². The normalized spacial score (nSPS) is 17.0. The molecule has 0 saturated carbocycles. The van der Waals surface area contributed by atoms with Crippen LogP contribution in [0.4, 0.5) is 0 Å². The zero-order chi connectivity index (χ0) is 13.8. The molecule has 1 fully saturated rings. The van der Waals surface area contributed by atoms with Crippen LogP contribution in [0.5, 0.6) is 0 Å². The van der Waals surface area contributed by atoms with Crippen LogP contribution in [0.2, 0.25) is 0 Å². The number of carbonyl (C=O) groups is 1. The van der Waals surface area contributed by atoms with E-state index in [4.69, 9.17) is 0 Å². The van der Waals surface area contributed by atoms with Crippen molar-refractivity contribution in [3.63, 3.8) is 0 Å². The summed E-state index contributed by atoms with van der Waals surface area (Å²) >= 11 is 0. The minimum atomic E-state index is -0.0213. The number of benzene rings is 1. The minimum absolute atomic E-state index is 0. The lowest BCUT2D eigenvalue weighted by Crippen LogP contribution is -3.00. The first kappa shape index (κ1) is 18.4. The van der Waals surface area contributed by atoms with E-state index in [0.717, 1.165) is 35.9 Å². The van der Waals surface area contributed by atoms with Crippen molar-refractivity contribution in [1.82, 2.24) is 10.4 Å². The molecule has 0 radical (unpaired) electrons. The Bertz CT molecular complexity index is 652. The summed E-state index contributed by atoms with van der Waals surface area (Å²) in [6, 6.07) is 9.82. The lowest BCUT2D eigenvalue weighted by molar-refractivity contribution is -0.657. The quantitative estimate of drug-likeness (QED) is 0.493. The lowest BCUT2D eigenvalue weighted by Gasteiger charge is -2.04. The summed E-state index contributed by atoms with van der Waals surface area (Å²) in [7, 11) is 0. The third-order valence-electron chi connectivity index (χ3n) is 3.55. The molecule has 0 spiro atoms. The number of hydrogen-bond donors (Lipinski definition) is 2. The fraction of sp³-hybridized carbons (Fsp3) is 0.267. The summed E-state index contributed by atoms with van der Waals surface area (Å²) in [6.07, 6.45) is 5.43. The SMILES string of the molecule is Cl.O=C(N/N=C/c1cccc2cccnc12)[C@@H]1CCC[NH2+]1.[Cl-]. The highest BCUT2D eigenvalue weighted by molar-refractivity contribution is 5.97. The molecule has 1 amide bonds. The third kappa shape index (κ3) is 4.16. The van der Waals surface area contributed by atoms with E-state index in [9.17, 15) is 4.79 Å². The summed E-state index contributed by atoms with van der Waals surface area (Å²) in [5.74, 6) is -0.0213. The number of nitrogens with two attached hydrogens (primary N) is 1. The Morgan fingerprint density at radius 1 is 1.36 bits per heavy atom. The molecule has 2 heterocycles. The number of hydrogen-bond acceptors (Lipinski definition) is 3. The fourth-order valence-electron chi connectivity index (χ4n) is 2.49. The van der Waals surface area contributed by atoms with Gasteiger partial charge in [0.1, 0.15) is 0 Å². The smallest absolute Gasteiger partial charge is 0.298 e. The van der Waals surface area contributed by atoms with Crippen LogP contribution in [-0.2, 0) is 4.79 Å². The van der Waals surface area contributed by atoms with Crippen LogP contribution in [0, 0.1) is 0 Å². The summed E-state index contributed by atoms with van der Waals surface area (Å²) in [6.45, 7) is 1.02. The maximum Gasteiger partial charge on any atom is 0.298 e. The molecule has 1 atom stereocenters. The Morgan fingerprint density at radius 2 is 2.18 bits per heavy atom. The van der Waals surface area contributed by atoms with Gasteiger partial charge in [0.2, 0.25) is 0 Å². The first-order chi connectivity index (χ1) is 9.84. The maximum absolute atomic E-state index is 11.8. The minimum Gasteiger partial charge on any atom is -1.00 e. The predicted molar refractivity (Wildman–Crippen MR) is 84.5 cm³/mol. The molecule has 1 aromatic heterocycles. The van der Waals surface area contributed by atoms with Crippen molar-refractivity contribution in [3.05, 3.63) is 42.1 Å². The van der Waals surface area contributed by atoms with E-state index in [-0.39, 0.29) is 36.8 Å². The van der Waals surface area contributed by atoms with Crippen LogP contribution >= 0.6 is 12.4 Å². The van der Waals surface area contributed by atoms with Crippen molar-refractivity contribution in [2.75, 3.05) is 6.54 Å². The van der Waals surface area contributed by atoms with Crippen LogP contribution in [0.25, 0.3) is 10.9 Å². The number of pyridine rings is 1.